The van der Waals surface area contributed by atoms with Crippen molar-refractivity contribution in [3.63, 3.8) is 0 Å². The van der Waals surface area contributed by atoms with Crippen molar-refractivity contribution in [3.8, 4) is 0 Å². The number of alkyl halides is 1. The second-order valence-electron chi connectivity index (χ2n) is 4.70. The Hall–Kier alpha value is -0.170. The van der Waals surface area contributed by atoms with E-state index in [4.69, 9.17) is 34.8 Å². The molecular weight excluding hydrogens is 263 g/mol. The van der Waals surface area contributed by atoms with Gasteiger partial charge in [0.2, 0.25) is 0 Å². The zero-order chi connectivity index (χ0) is 12.3. The van der Waals surface area contributed by atoms with E-state index in [2.05, 4.69) is 32.9 Å². The topological polar surface area (TPSA) is 0 Å². The zero-order valence-corrected chi connectivity index (χ0v) is 11.9. The van der Waals surface area contributed by atoms with Crippen LogP contribution >= 0.6 is 34.8 Å². The molecule has 0 aliphatic rings. The van der Waals surface area contributed by atoms with Crippen LogP contribution in [0, 0.1) is 0 Å². The molecule has 0 saturated carbocycles. The lowest BCUT2D eigenvalue weighted by atomic mass is 9.86. The Morgan fingerprint density at radius 2 is 1.56 bits per heavy atom. The van der Waals surface area contributed by atoms with Crippen molar-refractivity contribution < 1.29 is 0 Å². The molecule has 0 N–H and O–H groups in total. The first kappa shape index (κ1) is 13.9. The number of benzene rings is 1. The van der Waals surface area contributed by atoms with Crippen molar-refractivity contribution >= 4 is 40.4 Å². The highest BCUT2D eigenvalue weighted by Crippen LogP contribution is 2.28. The summed E-state index contributed by atoms with van der Waals surface area (Å²) in [5.74, 6) is 0.317. The molecule has 0 heterocycles. The zero-order valence-electron chi connectivity index (χ0n) is 9.65. The number of rotatable bonds is 2. The Balaban J connectivity index is 3.09. The Kier molecular flexibility index (Phi) is 4.73. The molecule has 0 aliphatic heterocycles. The molecule has 1 aromatic carbocycles. The Morgan fingerprint density at radius 3 is 1.88 bits per heavy atom. The number of halogens is 3. The fraction of sp³-hybridized carbons (Fsp3) is 0.385. The number of allylic oxidation sites excluding steroid dienone is 1. The van der Waals surface area contributed by atoms with Crippen molar-refractivity contribution in [2.45, 2.75) is 26.2 Å². The highest BCUT2D eigenvalue weighted by molar-refractivity contribution is 6.59. The summed E-state index contributed by atoms with van der Waals surface area (Å²) < 4.78 is 0.235. The predicted octanol–water partition coefficient (Wildman–Crippen LogP) is 5.37. The van der Waals surface area contributed by atoms with Gasteiger partial charge in [-0.15, -0.1) is 11.6 Å². The van der Waals surface area contributed by atoms with Crippen LogP contribution in [0.1, 0.15) is 31.9 Å². The molecule has 0 unspecified atom stereocenters. The third-order valence-corrected chi connectivity index (χ3v) is 3.18. The average molecular weight is 278 g/mol. The van der Waals surface area contributed by atoms with E-state index in [1.54, 1.807) is 0 Å². The van der Waals surface area contributed by atoms with E-state index in [-0.39, 0.29) is 9.91 Å². The Labute approximate surface area is 112 Å². The van der Waals surface area contributed by atoms with Gasteiger partial charge in [0, 0.05) is 5.57 Å². The van der Waals surface area contributed by atoms with Gasteiger partial charge in [-0.2, -0.15) is 0 Å². The lowest BCUT2D eigenvalue weighted by molar-refractivity contribution is 0.590. The normalized spacial score (nSPS) is 11.4. The Bertz CT molecular complexity index is 379. The molecule has 0 radical (unpaired) electrons. The monoisotopic (exact) mass is 276 g/mol. The van der Waals surface area contributed by atoms with Crippen LogP contribution in [0.15, 0.2) is 28.8 Å². The molecule has 0 spiro atoms. The quantitative estimate of drug-likeness (QED) is 0.638. The summed E-state index contributed by atoms with van der Waals surface area (Å²) >= 11 is 17.3. The first-order chi connectivity index (χ1) is 7.36. The summed E-state index contributed by atoms with van der Waals surface area (Å²) in [7, 11) is 0. The van der Waals surface area contributed by atoms with Crippen LogP contribution in [0.25, 0.3) is 5.57 Å². The molecule has 16 heavy (non-hydrogen) atoms. The third kappa shape index (κ3) is 3.41. The molecular formula is C13H15Cl3. The molecule has 0 nitrogen and oxygen atoms in total. The first-order valence-corrected chi connectivity index (χ1v) is 6.36. The van der Waals surface area contributed by atoms with Gasteiger partial charge in [-0.05, 0) is 16.5 Å². The van der Waals surface area contributed by atoms with E-state index in [0.29, 0.717) is 5.88 Å². The van der Waals surface area contributed by atoms with Gasteiger partial charge in [0.25, 0.3) is 0 Å². The first-order valence-electron chi connectivity index (χ1n) is 5.07. The van der Waals surface area contributed by atoms with Gasteiger partial charge < -0.3 is 0 Å². The summed E-state index contributed by atoms with van der Waals surface area (Å²) in [6.07, 6.45) is 0. The predicted molar refractivity (Wildman–Crippen MR) is 74.5 cm³/mol. The summed E-state index contributed by atoms with van der Waals surface area (Å²) in [6.45, 7) is 6.53. The smallest absolute Gasteiger partial charge is 0.111 e. The summed E-state index contributed by atoms with van der Waals surface area (Å²) in [6, 6.07) is 8.17. The van der Waals surface area contributed by atoms with Crippen LogP contribution in [0.2, 0.25) is 0 Å². The Morgan fingerprint density at radius 1 is 1.06 bits per heavy atom. The lowest BCUT2D eigenvalue weighted by Gasteiger charge is -2.19. The van der Waals surface area contributed by atoms with Gasteiger partial charge in [0.15, 0.2) is 0 Å². The van der Waals surface area contributed by atoms with Gasteiger partial charge >= 0.3 is 0 Å². The second-order valence-corrected chi connectivity index (χ2v) is 5.92. The summed E-state index contributed by atoms with van der Waals surface area (Å²) in [5, 5.41) is 0. The molecule has 0 fully saturated rings. The van der Waals surface area contributed by atoms with Crippen LogP contribution in [0.3, 0.4) is 0 Å². The van der Waals surface area contributed by atoms with Crippen molar-refractivity contribution in [3.05, 3.63) is 39.9 Å². The molecule has 0 amide bonds. The van der Waals surface area contributed by atoms with Crippen molar-refractivity contribution in [2.24, 2.45) is 0 Å². The molecule has 0 aliphatic carbocycles. The van der Waals surface area contributed by atoms with Gasteiger partial charge in [-0.25, -0.2) is 0 Å². The molecule has 1 aromatic rings. The van der Waals surface area contributed by atoms with E-state index in [0.717, 1.165) is 11.1 Å². The van der Waals surface area contributed by atoms with Crippen LogP contribution < -0.4 is 0 Å². The van der Waals surface area contributed by atoms with Crippen LogP contribution in [0.5, 0.6) is 0 Å². The fourth-order valence-corrected chi connectivity index (χ4v) is 2.18. The van der Waals surface area contributed by atoms with Crippen molar-refractivity contribution in [1.82, 2.24) is 0 Å². The summed E-state index contributed by atoms with van der Waals surface area (Å²) in [4.78, 5) is 0. The molecule has 0 bridgehead atoms. The molecule has 88 valence electrons. The maximum Gasteiger partial charge on any atom is 0.111 e. The van der Waals surface area contributed by atoms with Gasteiger partial charge in [0.1, 0.15) is 4.49 Å². The maximum absolute atomic E-state index is 5.80. The van der Waals surface area contributed by atoms with Gasteiger partial charge in [0.05, 0.1) is 5.88 Å². The van der Waals surface area contributed by atoms with E-state index in [9.17, 15) is 0 Å². The van der Waals surface area contributed by atoms with Crippen molar-refractivity contribution in [2.75, 3.05) is 5.88 Å². The number of hydrogen-bond acceptors (Lipinski definition) is 0. The van der Waals surface area contributed by atoms with Crippen LogP contribution in [-0.4, -0.2) is 5.88 Å². The number of hydrogen-bond donors (Lipinski definition) is 0. The van der Waals surface area contributed by atoms with Crippen LogP contribution in [0.4, 0.5) is 0 Å². The molecule has 1 rings (SSSR count). The third-order valence-electron chi connectivity index (χ3n) is 2.46. The molecule has 0 saturated heterocycles. The standard InChI is InChI=1S/C13H15Cl3/c1-13(2,3)10-6-4-9(5-7-10)11(8-14)12(15)16/h4-7H,8H2,1-3H3. The largest absolute Gasteiger partial charge is 0.121 e. The van der Waals surface area contributed by atoms with E-state index < -0.39 is 0 Å². The van der Waals surface area contributed by atoms with Gasteiger partial charge in [-0.1, -0.05) is 68.2 Å². The minimum Gasteiger partial charge on any atom is -0.121 e. The van der Waals surface area contributed by atoms with E-state index in [1.165, 1.54) is 5.56 Å². The lowest BCUT2D eigenvalue weighted by Crippen LogP contribution is -2.10. The highest BCUT2D eigenvalue weighted by Gasteiger charge is 2.13. The average Bonchev–Trinajstić information content (AvgIpc) is 2.17. The van der Waals surface area contributed by atoms with E-state index in [1.807, 2.05) is 12.1 Å². The molecule has 0 atom stereocenters. The molecule has 3 heteroatoms. The molecule has 0 aromatic heterocycles. The highest BCUT2D eigenvalue weighted by atomic mass is 35.5. The minimum absolute atomic E-state index is 0.147. The summed E-state index contributed by atoms with van der Waals surface area (Å²) in [5.41, 5.74) is 3.16. The second kappa shape index (κ2) is 5.44. The SMILES string of the molecule is CC(C)(C)c1ccc(C(CCl)=C(Cl)Cl)cc1. The van der Waals surface area contributed by atoms with Crippen LogP contribution in [-0.2, 0) is 5.41 Å². The van der Waals surface area contributed by atoms with Gasteiger partial charge in [-0.3, -0.25) is 0 Å². The minimum atomic E-state index is 0.147. The van der Waals surface area contributed by atoms with E-state index >= 15 is 0 Å². The van der Waals surface area contributed by atoms with Crippen molar-refractivity contribution in [1.29, 1.82) is 0 Å². The maximum atomic E-state index is 5.80. The fourth-order valence-electron chi connectivity index (χ4n) is 1.41.